The molecule has 0 fully saturated rings. The quantitative estimate of drug-likeness (QED) is 0.702. The van der Waals surface area contributed by atoms with Crippen molar-refractivity contribution in [3.8, 4) is 5.75 Å². The smallest absolute Gasteiger partial charge is 0.228 e. The largest absolute Gasteiger partial charge is 0.505 e. The standard InChI is InChI=1S/C13H20N2O2/c1-7-5-8(2)12(16)11(6-7)15-13(17)9(3)10(4)14/h5-6,9-10,16H,14H2,1-4H3,(H,15,17). The molecule has 0 radical (unpaired) electrons. The summed E-state index contributed by atoms with van der Waals surface area (Å²) in [6, 6.07) is 3.39. The Balaban J connectivity index is 2.92. The van der Waals surface area contributed by atoms with E-state index in [-0.39, 0.29) is 23.6 Å². The molecule has 0 aliphatic carbocycles. The van der Waals surface area contributed by atoms with Gasteiger partial charge in [0, 0.05) is 6.04 Å². The Hall–Kier alpha value is -1.55. The summed E-state index contributed by atoms with van der Waals surface area (Å²) in [5, 5.41) is 12.5. The van der Waals surface area contributed by atoms with Gasteiger partial charge in [-0.15, -0.1) is 0 Å². The highest BCUT2D eigenvalue weighted by molar-refractivity contribution is 5.94. The van der Waals surface area contributed by atoms with Crippen LogP contribution in [0.15, 0.2) is 12.1 Å². The van der Waals surface area contributed by atoms with Crippen LogP contribution in [-0.4, -0.2) is 17.1 Å². The zero-order valence-electron chi connectivity index (χ0n) is 10.7. The Bertz CT molecular complexity index is 428. The number of hydrogen-bond donors (Lipinski definition) is 3. The lowest BCUT2D eigenvalue weighted by atomic mass is 10.0. The number of phenolic OH excluding ortho intramolecular Hbond substituents is 1. The summed E-state index contributed by atoms with van der Waals surface area (Å²) in [5.74, 6) is -0.364. The van der Waals surface area contributed by atoms with E-state index in [2.05, 4.69) is 5.32 Å². The predicted octanol–water partition coefficient (Wildman–Crippen LogP) is 1.93. The summed E-state index contributed by atoms with van der Waals surface area (Å²) in [6.45, 7) is 7.26. The van der Waals surface area contributed by atoms with Crippen molar-refractivity contribution < 1.29 is 9.90 Å². The van der Waals surface area contributed by atoms with Gasteiger partial charge in [-0.25, -0.2) is 0 Å². The first-order valence-corrected chi connectivity index (χ1v) is 5.69. The van der Waals surface area contributed by atoms with Crippen molar-refractivity contribution in [1.29, 1.82) is 0 Å². The normalized spacial score (nSPS) is 14.2. The zero-order chi connectivity index (χ0) is 13.2. The Kier molecular flexibility index (Phi) is 4.12. The van der Waals surface area contributed by atoms with Gasteiger partial charge in [0.15, 0.2) is 0 Å². The van der Waals surface area contributed by atoms with E-state index in [1.807, 2.05) is 13.0 Å². The number of aromatic hydroxyl groups is 1. The van der Waals surface area contributed by atoms with Crippen molar-refractivity contribution in [2.45, 2.75) is 33.7 Å². The Labute approximate surface area is 102 Å². The van der Waals surface area contributed by atoms with Gasteiger partial charge in [0.2, 0.25) is 5.91 Å². The number of carbonyl (C=O) groups excluding carboxylic acids is 1. The van der Waals surface area contributed by atoms with Crippen molar-refractivity contribution >= 4 is 11.6 Å². The van der Waals surface area contributed by atoms with Crippen molar-refractivity contribution in [1.82, 2.24) is 0 Å². The van der Waals surface area contributed by atoms with E-state index in [1.54, 1.807) is 26.8 Å². The van der Waals surface area contributed by atoms with E-state index in [9.17, 15) is 9.90 Å². The number of nitrogens with one attached hydrogen (secondary N) is 1. The predicted molar refractivity (Wildman–Crippen MR) is 69.0 cm³/mol. The van der Waals surface area contributed by atoms with Gasteiger partial charge < -0.3 is 16.2 Å². The molecule has 0 saturated heterocycles. The molecular formula is C13H20N2O2. The maximum absolute atomic E-state index is 11.8. The number of rotatable bonds is 3. The van der Waals surface area contributed by atoms with E-state index in [1.165, 1.54) is 0 Å². The third-order valence-corrected chi connectivity index (χ3v) is 2.90. The van der Waals surface area contributed by atoms with E-state index >= 15 is 0 Å². The number of aryl methyl sites for hydroxylation is 2. The van der Waals surface area contributed by atoms with Gasteiger partial charge in [0.25, 0.3) is 0 Å². The molecule has 17 heavy (non-hydrogen) atoms. The van der Waals surface area contributed by atoms with Crippen molar-refractivity contribution in [2.24, 2.45) is 11.7 Å². The fourth-order valence-corrected chi connectivity index (χ4v) is 1.54. The highest BCUT2D eigenvalue weighted by Crippen LogP contribution is 2.29. The lowest BCUT2D eigenvalue weighted by Crippen LogP contribution is -2.34. The highest BCUT2D eigenvalue weighted by atomic mass is 16.3. The average molecular weight is 236 g/mol. The molecule has 94 valence electrons. The summed E-state index contributed by atoms with van der Waals surface area (Å²) < 4.78 is 0. The van der Waals surface area contributed by atoms with Crippen molar-refractivity contribution in [3.05, 3.63) is 23.3 Å². The number of hydrogen-bond acceptors (Lipinski definition) is 3. The minimum Gasteiger partial charge on any atom is -0.505 e. The third-order valence-electron chi connectivity index (χ3n) is 2.90. The molecule has 0 saturated carbocycles. The van der Waals surface area contributed by atoms with Crippen molar-refractivity contribution in [3.63, 3.8) is 0 Å². The molecule has 2 unspecified atom stereocenters. The van der Waals surface area contributed by atoms with Crippen LogP contribution in [0.1, 0.15) is 25.0 Å². The summed E-state index contributed by atoms with van der Waals surface area (Å²) in [5.41, 5.74) is 7.84. The van der Waals surface area contributed by atoms with Crippen LogP contribution in [0.5, 0.6) is 5.75 Å². The monoisotopic (exact) mass is 236 g/mol. The van der Waals surface area contributed by atoms with Crippen molar-refractivity contribution in [2.75, 3.05) is 5.32 Å². The van der Waals surface area contributed by atoms with E-state index in [4.69, 9.17) is 5.73 Å². The van der Waals surface area contributed by atoms with Gasteiger partial charge in [-0.1, -0.05) is 13.0 Å². The average Bonchev–Trinajstić information content (AvgIpc) is 2.23. The van der Waals surface area contributed by atoms with Crippen LogP contribution in [0.4, 0.5) is 5.69 Å². The molecule has 4 N–H and O–H groups in total. The molecule has 4 heteroatoms. The molecule has 1 aromatic rings. The van der Waals surface area contributed by atoms with Gasteiger partial charge in [-0.3, -0.25) is 4.79 Å². The van der Waals surface area contributed by atoms with E-state index in [0.29, 0.717) is 5.69 Å². The number of nitrogens with two attached hydrogens (primary N) is 1. The summed E-state index contributed by atoms with van der Waals surface area (Å²) in [6.07, 6.45) is 0. The zero-order valence-corrected chi connectivity index (χ0v) is 10.7. The SMILES string of the molecule is Cc1cc(C)c(O)c(NC(=O)C(C)C(C)N)c1. The maximum atomic E-state index is 11.8. The highest BCUT2D eigenvalue weighted by Gasteiger charge is 2.18. The molecule has 0 spiro atoms. The minimum atomic E-state index is -0.296. The van der Waals surface area contributed by atoms with Gasteiger partial charge >= 0.3 is 0 Å². The van der Waals surface area contributed by atoms with Crippen LogP contribution < -0.4 is 11.1 Å². The topological polar surface area (TPSA) is 75.3 Å². The second-order valence-electron chi connectivity index (χ2n) is 4.62. The van der Waals surface area contributed by atoms with Crippen LogP contribution in [0.25, 0.3) is 0 Å². The first-order chi connectivity index (χ1) is 7.82. The second kappa shape index (κ2) is 5.19. The Morgan fingerprint density at radius 1 is 1.35 bits per heavy atom. The molecule has 0 aromatic heterocycles. The molecule has 0 aliphatic heterocycles. The first-order valence-electron chi connectivity index (χ1n) is 5.69. The number of phenols is 1. The number of carbonyl (C=O) groups is 1. The number of benzene rings is 1. The number of amides is 1. The molecule has 1 rings (SSSR count). The first kappa shape index (κ1) is 13.5. The fourth-order valence-electron chi connectivity index (χ4n) is 1.54. The lowest BCUT2D eigenvalue weighted by Gasteiger charge is -2.17. The molecule has 2 atom stereocenters. The number of anilines is 1. The molecule has 1 aromatic carbocycles. The Morgan fingerprint density at radius 3 is 2.47 bits per heavy atom. The molecular weight excluding hydrogens is 216 g/mol. The van der Waals surface area contributed by atoms with Gasteiger partial charge in [0.05, 0.1) is 11.6 Å². The maximum Gasteiger partial charge on any atom is 0.228 e. The fraction of sp³-hybridized carbons (Fsp3) is 0.462. The molecule has 4 nitrogen and oxygen atoms in total. The third kappa shape index (κ3) is 3.20. The molecule has 0 bridgehead atoms. The van der Waals surface area contributed by atoms with Crippen LogP contribution in [0, 0.1) is 19.8 Å². The molecule has 1 amide bonds. The van der Waals surface area contributed by atoms with Crippen LogP contribution in [-0.2, 0) is 4.79 Å². The summed E-state index contributed by atoms with van der Waals surface area (Å²) in [4.78, 5) is 11.8. The summed E-state index contributed by atoms with van der Waals surface area (Å²) >= 11 is 0. The van der Waals surface area contributed by atoms with Crippen LogP contribution >= 0.6 is 0 Å². The van der Waals surface area contributed by atoms with Gasteiger partial charge in [0.1, 0.15) is 5.75 Å². The lowest BCUT2D eigenvalue weighted by molar-refractivity contribution is -0.119. The van der Waals surface area contributed by atoms with Crippen LogP contribution in [0.2, 0.25) is 0 Å². The van der Waals surface area contributed by atoms with E-state index in [0.717, 1.165) is 11.1 Å². The van der Waals surface area contributed by atoms with Gasteiger partial charge in [-0.2, -0.15) is 0 Å². The minimum absolute atomic E-state index is 0.112. The molecule has 0 aliphatic rings. The second-order valence-corrected chi connectivity index (χ2v) is 4.62. The summed E-state index contributed by atoms with van der Waals surface area (Å²) in [7, 11) is 0. The van der Waals surface area contributed by atoms with E-state index < -0.39 is 0 Å². The van der Waals surface area contributed by atoms with Gasteiger partial charge in [-0.05, 0) is 38.0 Å². The van der Waals surface area contributed by atoms with Crippen LogP contribution in [0.3, 0.4) is 0 Å². The molecule has 0 heterocycles. The Morgan fingerprint density at radius 2 is 1.94 bits per heavy atom.